The molecule has 0 spiro atoms. The first-order chi connectivity index (χ1) is 8.81. The number of nitrogen functional groups attached to an aromatic ring is 1. The van der Waals surface area contributed by atoms with Crippen LogP contribution in [0.15, 0.2) is 40.6 Å². The first-order valence-electron chi connectivity index (χ1n) is 5.78. The second kappa shape index (κ2) is 4.14. The van der Waals surface area contributed by atoms with Gasteiger partial charge in [0.15, 0.2) is 6.17 Å². The normalized spacial score (nSPS) is 16.8. The molecular formula is C12H13N5O. The van der Waals surface area contributed by atoms with Crippen molar-refractivity contribution in [3.63, 3.8) is 0 Å². The second-order valence-electron chi connectivity index (χ2n) is 3.92. The molecule has 2 aromatic rings. The number of nitrogens with two attached hydrogens (primary N) is 1. The zero-order valence-corrected chi connectivity index (χ0v) is 9.95. The molecule has 18 heavy (non-hydrogen) atoms. The van der Waals surface area contributed by atoms with Crippen LogP contribution < -0.4 is 10.5 Å². The molecule has 1 aromatic heterocycles. The Morgan fingerprint density at radius 1 is 1.33 bits per heavy atom. The number of ether oxygens (including phenoxy) is 1. The summed E-state index contributed by atoms with van der Waals surface area (Å²) in [5.41, 5.74) is 7.38. The average Bonchev–Trinajstić information content (AvgIpc) is 2.93. The summed E-state index contributed by atoms with van der Waals surface area (Å²) < 4.78 is 7.05. The van der Waals surface area contributed by atoms with E-state index in [1.165, 1.54) is 0 Å². The van der Waals surface area contributed by atoms with E-state index in [9.17, 15) is 0 Å². The van der Waals surface area contributed by atoms with Crippen LogP contribution in [0, 0.1) is 0 Å². The molecule has 1 unspecified atom stereocenters. The van der Waals surface area contributed by atoms with Gasteiger partial charge in [0.1, 0.15) is 5.69 Å². The number of hydrogen-bond donors (Lipinski definition) is 1. The summed E-state index contributed by atoms with van der Waals surface area (Å²) in [4.78, 5) is 0. The molecule has 0 amide bonds. The number of fused-ring (bicyclic) bond motifs is 1. The Morgan fingerprint density at radius 3 is 2.83 bits per heavy atom. The van der Waals surface area contributed by atoms with E-state index >= 15 is 0 Å². The van der Waals surface area contributed by atoms with Crippen LogP contribution in [-0.2, 0) is 0 Å². The molecule has 0 radical (unpaired) electrons. The van der Waals surface area contributed by atoms with E-state index in [0.29, 0.717) is 24.0 Å². The molecule has 1 atom stereocenters. The number of azo groups is 1. The van der Waals surface area contributed by atoms with E-state index in [-0.39, 0.29) is 6.17 Å². The lowest BCUT2D eigenvalue weighted by molar-refractivity contribution is 0.321. The van der Waals surface area contributed by atoms with E-state index < -0.39 is 0 Å². The topological polar surface area (TPSA) is 77.8 Å². The monoisotopic (exact) mass is 243 g/mol. The van der Waals surface area contributed by atoms with Crippen molar-refractivity contribution < 1.29 is 4.74 Å². The van der Waals surface area contributed by atoms with Crippen molar-refractivity contribution in [1.82, 2.24) is 9.78 Å². The van der Waals surface area contributed by atoms with Gasteiger partial charge in [0, 0.05) is 5.56 Å². The van der Waals surface area contributed by atoms with Crippen molar-refractivity contribution in [2.24, 2.45) is 10.2 Å². The summed E-state index contributed by atoms with van der Waals surface area (Å²) in [5, 5.41) is 12.6. The van der Waals surface area contributed by atoms with Crippen LogP contribution in [0.2, 0.25) is 0 Å². The van der Waals surface area contributed by atoms with Gasteiger partial charge in [0.05, 0.1) is 6.61 Å². The highest BCUT2D eigenvalue weighted by atomic mass is 16.5. The standard InChI is InChI=1S/C12H13N5O/c1-2-18-12-9(13)11-15-14-10(17(11)16-12)8-6-4-3-5-7-8/h3-7,10H,2,13H2,1H3. The van der Waals surface area contributed by atoms with E-state index in [1.54, 1.807) is 4.68 Å². The molecule has 2 heterocycles. The maximum atomic E-state index is 5.92. The highest BCUT2D eigenvalue weighted by molar-refractivity contribution is 5.66. The Balaban J connectivity index is 2.02. The lowest BCUT2D eigenvalue weighted by Gasteiger charge is -2.07. The van der Waals surface area contributed by atoms with E-state index in [1.807, 2.05) is 37.3 Å². The highest BCUT2D eigenvalue weighted by Gasteiger charge is 2.28. The molecule has 1 aliphatic heterocycles. The Morgan fingerprint density at radius 2 is 2.11 bits per heavy atom. The molecule has 92 valence electrons. The van der Waals surface area contributed by atoms with Gasteiger partial charge in [-0.1, -0.05) is 30.3 Å². The first kappa shape index (κ1) is 10.8. The number of rotatable bonds is 3. The fourth-order valence-corrected chi connectivity index (χ4v) is 1.92. The summed E-state index contributed by atoms with van der Waals surface area (Å²) in [6.45, 7) is 2.41. The minimum Gasteiger partial charge on any atom is -0.475 e. The van der Waals surface area contributed by atoms with Crippen molar-refractivity contribution in [1.29, 1.82) is 0 Å². The lowest BCUT2D eigenvalue weighted by Crippen LogP contribution is -2.06. The fourth-order valence-electron chi connectivity index (χ4n) is 1.92. The summed E-state index contributed by atoms with van der Waals surface area (Å²) in [5.74, 6) is 0.986. The molecular weight excluding hydrogens is 230 g/mol. The predicted octanol–water partition coefficient (Wildman–Crippen LogP) is 2.51. The number of benzene rings is 1. The minimum absolute atomic E-state index is 0.252. The van der Waals surface area contributed by atoms with Gasteiger partial charge in [-0.2, -0.15) is 5.11 Å². The zero-order chi connectivity index (χ0) is 12.5. The van der Waals surface area contributed by atoms with Gasteiger partial charge in [0.25, 0.3) is 5.88 Å². The van der Waals surface area contributed by atoms with E-state index in [2.05, 4.69) is 15.3 Å². The Bertz CT molecular complexity index is 590. The number of anilines is 1. The minimum atomic E-state index is -0.252. The number of hydrogen-bond acceptors (Lipinski definition) is 5. The zero-order valence-electron chi connectivity index (χ0n) is 9.95. The Labute approximate surface area is 104 Å². The lowest BCUT2D eigenvalue weighted by atomic mass is 10.2. The van der Waals surface area contributed by atoms with Crippen molar-refractivity contribution in [2.45, 2.75) is 13.1 Å². The fraction of sp³-hybridized carbons (Fsp3) is 0.250. The third-order valence-corrected chi connectivity index (χ3v) is 2.76. The van der Waals surface area contributed by atoms with E-state index in [4.69, 9.17) is 10.5 Å². The Hall–Kier alpha value is -2.37. The molecule has 3 rings (SSSR count). The van der Waals surface area contributed by atoms with Crippen LogP contribution in [-0.4, -0.2) is 16.4 Å². The van der Waals surface area contributed by atoms with Crippen LogP contribution in [0.3, 0.4) is 0 Å². The van der Waals surface area contributed by atoms with Crippen LogP contribution >= 0.6 is 0 Å². The van der Waals surface area contributed by atoms with Gasteiger partial charge >= 0.3 is 0 Å². The largest absolute Gasteiger partial charge is 0.475 e. The van der Waals surface area contributed by atoms with Gasteiger partial charge in [-0.15, -0.1) is 10.2 Å². The molecule has 0 aliphatic carbocycles. The summed E-state index contributed by atoms with van der Waals surface area (Å²) in [7, 11) is 0. The maximum absolute atomic E-state index is 5.92. The highest BCUT2D eigenvalue weighted by Crippen LogP contribution is 2.40. The smallest absolute Gasteiger partial charge is 0.258 e. The van der Waals surface area contributed by atoms with Gasteiger partial charge in [0.2, 0.25) is 5.82 Å². The molecule has 6 heteroatoms. The molecule has 0 saturated heterocycles. The predicted molar refractivity (Wildman–Crippen MR) is 66.9 cm³/mol. The number of nitrogens with zero attached hydrogens (tertiary/aromatic N) is 4. The molecule has 1 aliphatic rings. The van der Waals surface area contributed by atoms with Crippen molar-refractivity contribution in [3.8, 4) is 5.88 Å². The van der Waals surface area contributed by atoms with Crippen LogP contribution in [0.25, 0.3) is 0 Å². The third-order valence-electron chi connectivity index (χ3n) is 2.76. The summed E-state index contributed by atoms with van der Waals surface area (Å²) in [6, 6.07) is 9.84. The van der Waals surface area contributed by atoms with E-state index in [0.717, 1.165) is 5.56 Å². The molecule has 0 saturated carbocycles. The molecule has 1 aromatic carbocycles. The van der Waals surface area contributed by atoms with Crippen molar-refractivity contribution >= 4 is 11.5 Å². The van der Waals surface area contributed by atoms with Crippen LogP contribution in [0.5, 0.6) is 5.88 Å². The SMILES string of the molecule is CCOc1nn2c(c1N)N=NC2c1ccccc1. The average molecular weight is 243 g/mol. The van der Waals surface area contributed by atoms with Crippen LogP contribution in [0.1, 0.15) is 18.7 Å². The maximum Gasteiger partial charge on any atom is 0.258 e. The third kappa shape index (κ3) is 1.54. The molecule has 0 bridgehead atoms. The summed E-state index contributed by atoms with van der Waals surface area (Å²) >= 11 is 0. The van der Waals surface area contributed by atoms with Crippen molar-refractivity contribution in [3.05, 3.63) is 35.9 Å². The summed E-state index contributed by atoms with van der Waals surface area (Å²) in [6.07, 6.45) is -0.252. The molecule has 6 nitrogen and oxygen atoms in total. The molecule has 0 fully saturated rings. The van der Waals surface area contributed by atoms with Gasteiger partial charge in [-0.3, -0.25) is 0 Å². The van der Waals surface area contributed by atoms with Gasteiger partial charge < -0.3 is 10.5 Å². The molecule has 2 N–H and O–H groups in total. The van der Waals surface area contributed by atoms with Crippen molar-refractivity contribution in [2.75, 3.05) is 12.3 Å². The van der Waals surface area contributed by atoms with Crippen LogP contribution in [0.4, 0.5) is 11.5 Å². The van der Waals surface area contributed by atoms with Gasteiger partial charge in [-0.25, -0.2) is 4.68 Å². The first-order valence-corrected chi connectivity index (χ1v) is 5.78. The van der Waals surface area contributed by atoms with Gasteiger partial charge in [-0.05, 0) is 6.92 Å². The Kier molecular flexibility index (Phi) is 2.47. The quantitative estimate of drug-likeness (QED) is 0.899. The number of aromatic nitrogens is 2. The second-order valence-corrected chi connectivity index (χ2v) is 3.92.